The largest absolute Gasteiger partial charge is 1.00 e. The quantitative estimate of drug-likeness (QED) is 0.400. The van der Waals surface area contributed by atoms with Gasteiger partial charge in [-0.2, -0.15) is 0 Å². The van der Waals surface area contributed by atoms with Gasteiger partial charge in [-0.25, -0.2) is 0 Å². The molecule has 0 bridgehead atoms. The van der Waals surface area contributed by atoms with E-state index >= 15 is 0 Å². The zero-order valence-corrected chi connectivity index (χ0v) is 26.5. The molecule has 188 valence electrons. The summed E-state index contributed by atoms with van der Waals surface area (Å²) in [6, 6.07) is 10.2. The molecule has 4 rings (SSSR count). The minimum atomic E-state index is -0.767. The molecule has 0 radical (unpaired) electrons. The predicted molar refractivity (Wildman–Crippen MR) is 142 cm³/mol. The minimum Gasteiger partial charge on any atom is -1.00 e. The van der Waals surface area contributed by atoms with Gasteiger partial charge in [0.15, 0.2) is 0 Å². The fraction of sp³-hybridized carbons (Fsp3) is 0.500. The molecule has 0 heterocycles. The third kappa shape index (κ3) is 6.45. The standard InChI is InChI=1S/2C16H21.2ClH.Zr/c2*1-4-6-13-10-14(7-5-2)16-9-12(3)8-15(16)11-13;;;/h2*8-11H,4-7H2,1-3H3;2*1H;/q;;;;+2/p-2. The number of fused-ring (bicyclic) bond motifs is 2. The molecule has 2 atom stereocenters. The maximum absolute atomic E-state index is 2.60. The summed E-state index contributed by atoms with van der Waals surface area (Å²) in [4.78, 5) is 0. The number of allylic oxidation sites excluding steroid dienone is 2. The first kappa shape index (κ1) is 30.6. The fourth-order valence-electron chi connectivity index (χ4n) is 5.98. The van der Waals surface area contributed by atoms with E-state index in [1.807, 2.05) is 0 Å². The van der Waals surface area contributed by atoms with Crippen LogP contribution in [0.4, 0.5) is 0 Å². The molecular weight excluding hydrogens is 546 g/mol. The summed E-state index contributed by atoms with van der Waals surface area (Å²) < 4.78 is 1.44. The predicted octanol–water partition coefficient (Wildman–Crippen LogP) is 3.20. The number of halogens is 2. The van der Waals surface area contributed by atoms with Gasteiger partial charge in [-0.3, -0.25) is 0 Å². The molecule has 2 aliphatic rings. The molecule has 35 heavy (non-hydrogen) atoms. The smallest absolute Gasteiger partial charge is 1.00 e. The molecule has 0 amide bonds. The van der Waals surface area contributed by atoms with Crippen LogP contribution in [0.2, 0.25) is 0 Å². The summed E-state index contributed by atoms with van der Waals surface area (Å²) in [5.41, 5.74) is 16.2. The van der Waals surface area contributed by atoms with Crippen molar-refractivity contribution < 1.29 is 48.0 Å². The summed E-state index contributed by atoms with van der Waals surface area (Å²) in [7, 11) is 0. The third-order valence-electron chi connectivity index (χ3n) is 7.44. The molecule has 2 aliphatic carbocycles. The molecule has 0 aromatic heterocycles. The van der Waals surface area contributed by atoms with Crippen LogP contribution < -0.4 is 24.8 Å². The normalized spacial score (nSPS) is 17.5. The van der Waals surface area contributed by atoms with Gasteiger partial charge in [-0.05, 0) is 0 Å². The van der Waals surface area contributed by atoms with E-state index in [1.54, 1.807) is 55.7 Å². The first-order valence-corrected chi connectivity index (χ1v) is 16.3. The molecule has 3 heteroatoms. The Labute approximate surface area is 238 Å². The Morgan fingerprint density at radius 3 is 1.29 bits per heavy atom. The summed E-state index contributed by atoms with van der Waals surface area (Å²) in [6.07, 6.45) is 14.9. The Balaban J connectivity index is 0.00000216. The van der Waals surface area contributed by atoms with Crippen molar-refractivity contribution in [2.24, 2.45) is 0 Å². The van der Waals surface area contributed by atoms with Gasteiger partial charge in [-0.15, -0.1) is 0 Å². The van der Waals surface area contributed by atoms with Crippen LogP contribution in [0.25, 0.3) is 12.2 Å². The van der Waals surface area contributed by atoms with E-state index in [4.69, 9.17) is 0 Å². The van der Waals surface area contributed by atoms with Crippen molar-refractivity contribution in [3.8, 4) is 0 Å². The molecule has 0 fully saturated rings. The Hall–Kier alpha value is -0.617. The van der Waals surface area contributed by atoms with Crippen LogP contribution in [0.1, 0.15) is 119 Å². The number of hydrogen-bond donors (Lipinski definition) is 0. The summed E-state index contributed by atoms with van der Waals surface area (Å²) in [5, 5.41) is 0. The Morgan fingerprint density at radius 1 is 0.571 bits per heavy atom. The van der Waals surface area contributed by atoms with Gasteiger partial charge in [0.05, 0.1) is 0 Å². The van der Waals surface area contributed by atoms with Gasteiger partial charge >= 0.3 is 215 Å². The summed E-state index contributed by atoms with van der Waals surface area (Å²) >= 11 is -0.767. The first-order valence-electron chi connectivity index (χ1n) is 13.4. The van der Waals surface area contributed by atoms with E-state index in [0.717, 1.165) is 7.25 Å². The van der Waals surface area contributed by atoms with Gasteiger partial charge in [0.2, 0.25) is 0 Å². The molecule has 0 saturated heterocycles. The van der Waals surface area contributed by atoms with Crippen molar-refractivity contribution in [3.05, 3.63) is 79.9 Å². The number of hydrogen-bond acceptors (Lipinski definition) is 0. The van der Waals surface area contributed by atoms with Crippen LogP contribution in [0.5, 0.6) is 0 Å². The Kier molecular flexibility index (Phi) is 12.1. The molecule has 0 aliphatic heterocycles. The molecule has 2 aromatic rings. The maximum Gasteiger partial charge on any atom is -1.00 e. The average Bonchev–Trinajstić information content (AvgIpc) is 3.26. The number of aryl methyl sites for hydroxylation is 4. The van der Waals surface area contributed by atoms with E-state index in [2.05, 4.69) is 78.0 Å². The second-order valence-electron chi connectivity index (χ2n) is 10.3. The second kappa shape index (κ2) is 13.8. The molecule has 2 aromatic carbocycles. The summed E-state index contributed by atoms with van der Waals surface area (Å²) in [5.74, 6) is 0. The van der Waals surface area contributed by atoms with E-state index in [9.17, 15) is 0 Å². The molecule has 0 saturated carbocycles. The van der Waals surface area contributed by atoms with Crippen LogP contribution in [0, 0.1) is 0 Å². The first-order chi connectivity index (χ1) is 16.0. The van der Waals surface area contributed by atoms with Crippen molar-refractivity contribution in [2.75, 3.05) is 0 Å². The van der Waals surface area contributed by atoms with Crippen LogP contribution in [-0.2, 0) is 48.9 Å². The second-order valence-corrected chi connectivity index (χ2v) is 14.0. The summed E-state index contributed by atoms with van der Waals surface area (Å²) in [6.45, 7) is 14.1. The zero-order chi connectivity index (χ0) is 23.5. The zero-order valence-electron chi connectivity index (χ0n) is 22.5. The van der Waals surface area contributed by atoms with Gasteiger partial charge in [0, 0.05) is 0 Å². The van der Waals surface area contributed by atoms with Crippen molar-refractivity contribution >= 4 is 12.2 Å². The number of benzene rings is 2. The minimum absolute atomic E-state index is 0. The molecule has 0 N–H and O–H groups in total. The topological polar surface area (TPSA) is 0 Å². The van der Waals surface area contributed by atoms with Crippen molar-refractivity contribution in [1.82, 2.24) is 0 Å². The Bertz CT molecular complexity index is 994. The van der Waals surface area contributed by atoms with Crippen molar-refractivity contribution in [1.29, 1.82) is 0 Å². The molecule has 2 unspecified atom stereocenters. The number of rotatable bonds is 10. The van der Waals surface area contributed by atoms with E-state index in [-0.39, 0.29) is 24.8 Å². The van der Waals surface area contributed by atoms with Crippen LogP contribution >= 0.6 is 0 Å². The van der Waals surface area contributed by atoms with Crippen molar-refractivity contribution in [3.63, 3.8) is 0 Å². The van der Waals surface area contributed by atoms with E-state index in [0.29, 0.717) is 0 Å². The van der Waals surface area contributed by atoms with Gasteiger partial charge in [0.1, 0.15) is 0 Å². The van der Waals surface area contributed by atoms with Gasteiger partial charge in [-0.1, -0.05) is 0 Å². The van der Waals surface area contributed by atoms with Gasteiger partial charge < -0.3 is 24.8 Å². The van der Waals surface area contributed by atoms with E-state index < -0.39 is 23.2 Å². The molecular formula is C32H42Cl2Zr. The fourth-order valence-corrected chi connectivity index (χ4v) is 10.6. The van der Waals surface area contributed by atoms with Crippen LogP contribution in [-0.4, -0.2) is 0 Å². The molecule has 0 spiro atoms. The van der Waals surface area contributed by atoms with E-state index in [1.165, 1.54) is 51.4 Å². The van der Waals surface area contributed by atoms with Crippen LogP contribution in [0.3, 0.4) is 0 Å². The van der Waals surface area contributed by atoms with Crippen LogP contribution in [0.15, 0.2) is 35.4 Å². The molecule has 0 nitrogen and oxygen atoms in total. The monoisotopic (exact) mass is 586 g/mol. The SMILES string of the molecule is CCCc1cc(CCC)c2c(c1)[CH]([Zr+2][CH]1C(C)=Cc3c(CCC)cc(CCC)cc31)C(C)=C2.[Cl-].[Cl-]. The Morgan fingerprint density at radius 2 is 0.943 bits per heavy atom. The third-order valence-corrected chi connectivity index (χ3v) is 12.8. The van der Waals surface area contributed by atoms with Gasteiger partial charge in [0.25, 0.3) is 0 Å². The van der Waals surface area contributed by atoms with Crippen molar-refractivity contribution in [2.45, 2.75) is 100 Å². The average molecular weight is 589 g/mol. The maximum atomic E-state index is 2.60.